The average molecular weight is 520 g/mol. The fourth-order valence-electron chi connectivity index (χ4n) is 3.89. The molecule has 0 fully saturated rings. The second kappa shape index (κ2) is 13.4. The molecule has 0 heterocycles. The zero-order valence-electron chi connectivity index (χ0n) is 21.8. The minimum Gasteiger partial charge on any atom is -0.352 e. The molecule has 0 saturated heterocycles. The van der Waals surface area contributed by atoms with Crippen LogP contribution in [0.3, 0.4) is 0 Å². The Morgan fingerprint density at radius 1 is 1.03 bits per heavy atom. The van der Waals surface area contributed by atoms with Crippen LogP contribution in [-0.4, -0.2) is 50.0 Å². The van der Waals surface area contributed by atoms with E-state index < -0.39 is 21.9 Å². The van der Waals surface area contributed by atoms with Crippen molar-refractivity contribution in [2.45, 2.75) is 72.0 Å². The lowest BCUT2D eigenvalue weighted by atomic mass is 10.1. The van der Waals surface area contributed by atoms with Crippen molar-refractivity contribution < 1.29 is 22.4 Å². The molecule has 9 heteroatoms. The molecule has 0 unspecified atom stereocenters. The fraction of sp³-hybridized carbons (Fsp3) is 0.481. The largest absolute Gasteiger partial charge is 0.352 e. The number of hydrogen-bond donors (Lipinski definition) is 1. The van der Waals surface area contributed by atoms with Gasteiger partial charge >= 0.3 is 0 Å². The van der Waals surface area contributed by atoms with Gasteiger partial charge in [-0.25, -0.2) is 12.8 Å². The molecule has 0 bridgehead atoms. The van der Waals surface area contributed by atoms with Crippen molar-refractivity contribution in [3.05, 3.63) is 65.5 Å². The maximum Gasteiger partial charge on any atom is 0.243 e. The number of anilines is 1. The summed E-state index contributed by atoms with van der Waals surface area (Å²) in [5.41, 5.74) is 1.93. The second-order valence-electron chi connectivity index (χ2n) is 9.14. The lowest BCUT2D eigenvalue weighted by molar-refractivity contribution is -0.141. The molecule has 198 valence electrons. The molecule has 2 aromatic carbocycles. The van der Waals surface area contributed by atoms with Gasteiger partial charge in [0.25, 0.3) is 0 Å². The van der Waals surface area contributed by atoms with Gasteiger partial charge in [0.1, 0.15) is 11.9 Å². The van der Waals surface area contributed by atoms with Gasteiger partial charge in [0.05, 0.1) is 11.9 Å². The molecule has 2 aromatic rings. The van der Waals surface area contributed by atoms with E-state index >= 15 is 0 Å². The Hall–Kier alpha value is -2.94. The van der Waals surface area contributed by atoms with E-state index in [1.54, 1.807) is 11.0 Å². The number of carbonyl (C=O) groups is 2. The molecular weight excluding hydrogens is 481 g/mol. The van der Waals surface area contributed by atoms with Crippen molar-refractivity contribution in [3.63, 3.8) is 0 Å². The van der Waals surface area contributed by atoms with Crippen LogP contribution in [0, 0.1) is 12.7 Å². The molecular formula is C27H38FN3O4S. The summed E-state index contributed by atoms with van der Waals surface area (Å²) >= 11 is 0. The number of amides is 2. The third-order valence-electron chi connectivity index (χ3n) is 6.13. The first kappa shape index (κ1) is 29.3. The van der Waals surface area contributed by atoms with Gasteiger partial charge < -0.3 is 10.2 Å². The molecule has 7 nitrogen and oxygen atoms in total. The van der Waals surface area contributed by atoms with Crippen LogP contribution in [0.5, 0.6) is 0 Å². The maximum atomic E-state index is 14.3. The number of nitrogens with one attached hydrogen (secondary N) is 1. The molecule has 2 rings (SSSR count). The number of hydrogen-bond acceptors (Lipinski definition) is 4. The van der Waals surface area contributed by atoms with E-state index in [9.17, 15) is 22.4 Å². The summed E-state index contributed by atoms with van der Waals surface area (Å²) in [7, 11) is -3.76. The SMILES string of the molecule is CC[C@H](C)NC(=O)[C@H](CC)N(Cc1ccc(C)cc1)C(=O)CCCN(c1ccccc1F)S(C)(=O)=O. The van der Waals surface area contributed by atoms with Crippen molar-refractivity contribution >= 4 is 27.5 Å². The minimum atomic E-state index is -3.76. The number of para-hydroxylation sites is 1. The van der Waals surface area contributed by atoms with E-state index in [2.05, 4.69) is 5.32 Å². The van der Waals surface area contributed by atoms with E-state index in [1.165, 1.54) is 18.2 Å². The van der Waals surface area contributed by atoms with Crippen molar-refractivity contribution in [1.82, 2.24) is 10.2 Å². The number of benzene rings is 2. The zero-order valence-corrected chi connectivity index (χ0v) is 22.6. The smallest absolute Gasteiger partial charge is 0.243 e. The standard InChI is InChI=1S/C27H38FN3O4S/c1-6-21(4)29-27(33)24(7-2)30(19-22-16-14-20(3)15-17-22)26(32)13-10-18-31(36(5,34)35)25-12-9-8-11-23(25)28/h8-9,11-12,14-17,21,24H,6-7,10,13,18-19H2,1-5H3,(H,29,33)/t21-,24-/m0/s1. The van der Waals surface area contributed by atoms with Crippen LogP contribution in [0.25, 0.3) is 0 Å². The van der Waals surface area contributed by atoms with Crippen LogP contribution < -0.4 is 9.62 Å². The highest BCUT2D eigenvalue weighted by Gasteiger charge is 2.29. The monoisotopic (exact) mass is 519 g/mol. The molecule has 2 amide bonds. The van der Waals surface area contributed by atoms with E-state index in [4.69, 9.17) is 0 Å². The topological polar surface area (TPSA) is 86.8 Å². The summed E-state index contributed by atoms with van der Waals surface area (Å²) in [4.78, 5) is 28.0. The highest BCUT2D eigenvalue weighted by Crippen LogP contribution is 2.22. The van der Waals surface area contributed by atoms with Crippen LogP contribution >= 0.6 is 0 Å². The summed E-state index contributed by atoms with van der Waals surface area (Å²) in [6, 6.07) is 12.7. The molecule has 1 N–H and O–H groups in total. The van der Waals surface area contributed by atoms with Crippen LogP contribution in [0.4, 0.5) is 10.1 Å². The Morgan fingerprint density at radius 2 is 1.67 bits per heavy atom. The summed E-state index contributed by atoms with van der Waals surface area (Å²) in [6.45, 7) is 7.93. The number of rotatable bonds is 13. The van der Waals surface area contributed by atoms with E-state index in [-0.39, 0.29) is 49.5 Å². The van der Waals surface area contributed by atoms with Crippen LogP contribution in [0.2, 0.25) is 0 Å². The number of aryl methyl sites for hydroxylation is 1. The van der Waals surface area contributed by atoms with Crippen LogP contribution in [0.1, 0.15) is 57.6 Å². The van der Waals surface area contributed by atoms with Gasteiger partial charge in [-0.05, 0) is 50.8 Å². The normalized spacial score (nSPS) is 13.1. The molecule has 0 spiro atoms. The molecule has 0 saturated carbocycles. The Labute approximate surface area is 214 Å². The quantitative estimate of drug-likeness (QED) is 0.425. The maximum absolute atomic E-state index is 14.3. The molecule has 0 aliphatic heterocycles. The van der Waals surface area contributed by atoms with E-state index in [1.807, 2.05) is 52.0 Å². The average Bonchev–Trinajstić information content (AvgIpc) is 2.82. The highest BCUT2D eigenvalue weighted by atomic mass is 32.2. The summed E-state index contributed by atoms with van der Waals surface area (Å²) in [6.07, 6.45) is 2.40. The predicted molar refractivity (Wildman–Crippen MR) is 142 cm³/mol. The van der Waals surface area contributed by atoms with Gasteiger partial charge in [-0.2, -0.15) is 0 Å². The lowest BCUT2D eigenvalue weighted by Crippen LogP contribution is -2.50. The summed E-state index contributed by atoms with van der Waals surface area (Å²) < 4.78 is 40.0. The number of sulfonamides is 1. The predicted octanol–water partition coefficient (Wildman–Crippen LogP) is 4.40. The van der Waals surface area contributed by atoms with E-state index in [0.717, 1.165) is 28.1 Å². The van der Waals surface area contributed by atoms with Gasteiger partial charge in [-0.15, -0.1) is 0 Å². The Balaban J connectivity index is 2.23. The first-order valence-corrected chi connectivity index (χ1v) is 14.2. The molecule has 2 atom stereocenters. The number of carbonyl (C=O) groups excluding carboxylic acids is 2. The summed E-state index contributed by atoms with van der Waals surface area (Å²) in [5.74, 6) is -1.12. The molecule has 0 aliphatic rings. The Morgan fingerprint density at radius 3 is 2.22 bits per heavy atom. The third-order valence-corrected chi connectivity index (χ3v) is 7.31. The fourth-order valence-corrected chi connectivity index (χ4v) is 4.85. The van der Waals surface area contributed by atoms with Gasteiger partial charge in [0.15, 0.2) is 0 Å². The van der Waals surface area contributed by atoms with Crippen molar-refractivity contribution in [2.24, 2.45) is 0 Å². The zero-order chi connectivity index (χ0) is 26.9. The van der Waals surface area contributed by atoms with Gasteiger partial charge in [-0.1, -0.05) is 55.8 Å². The first-order chi connectivity index (χ1) is 17.0. The minimum absolute atomic E-state index is 0.0133. The number of nitrogens with zero attached hydrogens (tertiary/aromatic N) is 2. The van der Waals surface area contributed by atoms with E-state index in [0.29, 0.717) is 6.42 Å². The number of halogens is 1. The molecule has 0 radical (unpaired) electrons. The van der Waals surface area contributed by atoms with Gasteiger partial charge in [0.2, 0.25) is 21.8 Å². The third kappa shape index (κ3) is 8.33. The van der Waals surface area contributed by atoms with Gasteiger partial charge in [-0.3, -0.25) is 13.9 Å². The van der Waals surface area contributed by atoms with Gasteiger partial charge in [0, 0.05) is 25.6 Å². The summed E-state index contributed by atoms with van der Waals surface area (Å²) in [5, 5.41) is 2.97. The Bertz CT molecular complexity index is 1120. The van der Waals surface area contributed by atoms with Crippen LogP contribution in [-0.2, 0) is 26.2 Å². The Kier molecular flexibility index (Phi) is 10.9. The molecule has 0 aliphatic carbocycles. The molecule has 36 heavy (non-hydrogen) atoms. The van der Waals surface area contributed by atoms with Crippen LogP contribution in [0.15, 0.2) is 48.5 Å². The second-order valence-corrected chi connectivity index (χ2v) is 11.0. The lowest BCUT2D eigenvalue weighted by Gasteiger charge is -2.32. The van der Waals surface area contributed by atoms with Crippen molar-refractivity contribution in [1.29, 1.82) is 0 Å². The van der Waals surface area contributed by atoms with Crippen molar-refractivity contribution in [2.75, 3.05) is 17.1 Å². The molecule has 0 aromatic heterocycles. The first-order valence-electron chi connectivity index (χ1n) is 12.4. The highest BCUT2D eigenvalue weighted by molar-refractivity contribution is 7.92. The van der Waals surface area contributed by atoms with Crippen molar-refractivity contribution in [3.8, 4) is 0 Å².